The molecule has 4 fully saturated rings. The predicted octanol–water partition coefficient (Wildman–Crippen LogP) is 2.22. The number of rotatable bonds is 1. The van der Waals surface area contributed by atoms with E-state index in [0.29, 0.717) is 19.0 Å². The maximum Gasteiger partial charge on any atom is 0.338 e. The van der Waals surface area contributed by atoms with Gasteiger partial charge in [-0.05, 0) is 26.2 Å². The third kappa shape index (κ3) is 2.68. The summed E-state index contributed by atoms with van der Waals surface area (Å²) in [6.07, 6.45) is 2.39. The largest absolute Gasteiger partial charge is 0.463 e. The molecule has 0 aromatic rings. The van der Waals surface area contributed by atoms with E-state index in [2.05, 4.69) is 0 Å². The molecule has 26 heavy (non-hydrogen) atoms. The molecular weight excluding hydrogens is 358 g/mol. The Labute approximate surface area is 159 Å². The summed E-state index contributed by atoms with van der Waals surface area (Å²) in [5.74, 6) is -0.394. The molecule has 0 N–H and O–H groups in total. The molecule has 7 heteroatoms. The van der Waals surface area contributed by atoms with Gasteiger partial charge < -0.3 is 18.7 Å². The summed E-state index contributed by atoms with van der Waals surface area (Å²) in [6.45, 7) is 7.87. The molecule has 4 aliphatic heterocycles. The molecule has 0 radical (unpaired) electrons. The van der Waals surface area contributed by atoms with Gasteiger partial charge in [-0.1, -0.05) is 18.5 Å². The number of nitrogens with zero attached hydrogens (tertiary/aromatic N) is 1. The molecule has 0 saturated carbocycles. The van der Waals surface area contributed by atoms with Crippen LogP contribution in [0.5, 0.6) is 0 Å². The summed E-state index contributed by atoms with van der Waals surface area (Å²) in [5.41, 5.74) is -1.71. The number of quaternary nitrogens is 1. The standard InChI is InChI=1S/C19H29ClNO5/c1-12-8-18(2)9-15(22)25-14-5-7-21(11-20)6-4-13(16(14)21)10-24-17(23)19(12,3)26-18/h12-14,16H,4-11H2,1-3H3/q+1/t12-,13-,14-,16-,18-,19+,21+/m1/s1. The fourth-order valence-electron chi connectivity index (χ4n) is 5.86. The molecule has 0 aromatic heterocycles. The molecule has 0 amide bonds. The van der Waals surface area contributed by atoms with Gasteiger partial charge >= 0.3 is 11.9 Å². The molecule has 0 unspecified atom stereocenters. The molecule has 0 spiro atoms. The van der Waals surface area contributed by atoms with Crippen molar-refractivity contribution >= 4 is 23.5 Å². The van der Waals surface area contributed by atoms with E-state index >= 15 is 0 Å². The Morgan fingerprint density at radius 1 is 1.23 bits per heavy atom. The van der Waals surface area contributed by atoms with E-state index in [4.69, 9.17) is 25.8 Å². The molecule has 0 aromatic carbocycles. The molecular formula is C19H29ClNO5+. The number of ether oxygens (including phenoxy) is 3. The Bertz CT molecular complexity index is 629. The summed E-state index contributed by atoms with van der Waals surface area (Å²) >= 11 is 6.33. The van der Waals surface area contributed by atoms with Crippen molar-refractivity contribution in [2.45, 2.75) is 69.8 Å². The zero-order valence-corrected chi connectivity index (χ0v) is 16.6. The highest BCUT2D eigenvalue weighted by atomic mass is 35.5. The number of alkyl halides is 1. The lowest BCUT2D eigenvalue weighted by molar-refractivity contribution is -0.920. The van der Waals surface area contributed by atoms with Crippen LogP contribution in [-0.4, -0.2) is 65.5 Å². The minimum atomic E-state index is -1.01. The fraction of sp³-hybridized carbons (Fsp3) is 0.895. The highest BCUT2D eigenvalue weighted by Gasteiger charge is 2.60. The van der Waals surface area contributed by atoms with E-state index in [-0.39, 0.29) is 42.3 Å². The van der Waals surface area contributed by atoms with Crippen LogP contribution in [0.3, 0.4) is 0 Å². The first-order valence-electron chi connectivity index (χ1n) is 9.70. The molecule has 2 bridgehead atoms. The summed E-state index contributed by atoms with van der Waals surface area (Å²) in [4.78, 5) is 25.6. The van der Waals surface area contributed by atoms with Crippen molar-refractivity contribution in [3.63, 3.8) is 0 Å². The van der Waals surface area contributed by atoms with Crippen LogP contribution in [-0.2, 0) is 23.8 Å². The normalized spacial score (nSPS) is 51.2. The summed E-state index contributed by atoms with van der Waals surface area (Å²) in [6, 6.07) is 0.638. The molecule has 146 valence electrons. The maximum atomic E-state index is 12.9. The predicted molar refractivity (Wildman–Crippen MR) is 94.4 cm³/mol. The fourth-order valence-corrected chi connectivity index (χ4v) is 6.26. The number of esters is 2. The van der Waals surface area contributed by atoms with Crippen LogP contribution < -0.4 is 0 Å². The van der Waals surface area contributed by atoms with Gasteiger partial charge in [-0.15, -0.1) is 0 Å². The van der Waals surface area contributed by atoms with Gasteiger partial charge in [0.2, 0.25) is 0 Å². The van der Waals surface area contributed by atoms with Crippen molar-refractivity contribution in [1.29, 1.82) is 0 Å². The van der Waals surface area contributed by atoms with E-state index in [9.17, 15) is 9.59 Å². The van der Waals surface area contributed by atoms with Crippen LogP contribution >= 0.6 is 11.6 Å². The van der Waals surface area contributed by atoms with Crippen LogP contribution in [0.25, 0.3) is 0 Å². The van der Waals surface area contributed by atoms with Crippen molar-refractivity contribution in [1.82, 2.24) is 0 Å². The molecule has 4 rings (SSSR count). The van der Waals surface area contributed by atoms with E-state index < -0.39 is 11.2 Å². The summed E-state index contributed by atoms with van der Waals surface area (Å²) in [7, 11) is 0. The van der Waals surface area contributed by atoms with Crippen LogP contribution in [0.15, 0.2) is 0 Å². The monoisotopic (exact) mass is 386 g/mol. The SMILES string of the molecule is C[C@@H]1C[C@]2(C)CC(=O)O[C@@H]3CC[N@+]4(CCl)CC[C@H](COC(=O)[C@@]1(C)O2)[C@H]34. The lowest BCUT2D eigenvalue weighted by atomic mass is 9.86. The number of carbonyl (C=O) groups excluding carboxylic acids is 2. The number of fused-ring (bicyclic) bond motifs is 2. The second kappa shape index (κ2) is 6.08. The molecule has 6 nitrogen and oxygen atoms in total. The third-order valence-electron chi connectivity index (χ3n) is 7.31. The second-order valence-electron chi connectivity index (χ2n) is 9.18. The maximum absolute atomic E-state index is 12.9. The van der Waals surface area contributed by atoms with Crippen LogP contribution in [0.2, 0.25) is 0 Å². The molecule has 4 heterocycles. The van der Waals surface area contributed by atoms with Gasteiger partial charge in [-0.2, -0.15) is 0 Å². The minimum Gasteiger partial charge on any atom is -0.463 e. The quantitative estimate of drug-likeness (QED) is 0.299. The average molecular weight is 387 g/mol. The van der Waals surface area contributed by atoms with E-state index in [1.54, 1.807) is 6.92 Å². The van der Waals surface area contributed by atoms with E-state index in [0.717, 1.165) is 30.4 Å². The van der Waals surface area contributed by atoms with Gasteiger partial charge in [0.1, 0.15) is 12.6 Å². The highest BCUT2D eigenvalue weighted by Crippen LogP contribution is 2.47. The summed E-state index contributed by atoms with van der Waals surface area (Å²) < 4.78 is 18.6. The van der Waals surface area contributed by atoms with Crippen molar-refractivity contribution in [2.24, 2.45) is 11.8 Å². The Hall–Kier alpha value is -0.850. The molecule has 4 saturated heterocycles. The van der Waals surface area contributed by atoms with Crippen molar-refractivity contribution in [3.8, 4) is 0 Å². The number of hydrogen-bond acceptors (Lipinski definition) is 5. The average Bonchev–Trinajstić information content (AvgIpc) is 3.16. The minimum absolute atomic E-state index is 0.0191. The first-order chi connectivity index (χ1) is 12.2. The third-order valence-corrected chi connectivity index (χ3v) is 7.79. The Morgan fingerprint density at radius 2 is 1.96 bits per heavy atom. The first kappa shape index (κ1) is 18.5. The Balaban J connectivity index is 1.65. The number of hydrogen-bond donors (Lipinski definition) is 0. The number of cyclic esters (lactones) is 1. The molecule has 7 atom stereocenters. The summed E-state index contributed by atoms with van der Waals surface area (Å²) in [5, 5.41) is 0. The van der Waals surface area contributed by atoms with Crippen molar-refractivity contribution in [3.05, 3.63) is 0 Å². The molecule has 4 aliphatic rings. The van der Waals surface area contributed by atoms with Gasteiger partial charge in [0, 0.05) is 12.8 Å². The van der Waals surface area contributed by atoms with E-state index in [1.165, 1.54) is 0 Å². The second-order valence-corrected chi connectivity index (χ2v) is 9.42. The van der Waals surface area contributed by atoms with Gasteiger partial charge in [-0.3, -0.25) is 4.79 Å². The topological polar surface area (TPSA) is 61.8 Å². The van der Waals surface area contributed by atoms with Gasteiger partial charge in [0.05, 0.1) is 31.0 Å². The van der Waals surface area contributed by atoms with Crippen LogP contribution in [0, 0.1) is 11.8 Å². The zero-order chi connectivity index (χ0) is 18.7. The lowest BCUT2D eigenvalue weighted by Gasteiger charge is -2.36. The Morgan fingerprint density at radius 3 is 2.69 bits per heavy atom. The van der Waals surface area contributed by atoms with Gasteiger partial charge in [0.15, 0.2) is 17.7 Å². The van der Waals surface area contributed by atoms with Crippen LogP contribution in [0.1, 0.15) is 46.5 Å². The van der Waals surface area contributed by atoms with Crippen molar-refractivity contribution < 1.29 is 28.3 Å². The van der Waals surface area contributed by atoms with Crippen LogP contribution in [0.4, 0.5) is 0 Å². The zero-order valence-electron chi connectivity index (χ0n) is 15.8. The van der Waals surface area contributed by atoms with Gasteiger partial charge in [0.25, 0.3) is 0 Å². The molecule has 0 aliphatic carbocycles. The number of carbonyl (C=O) groups is 2. The lowest BCUT2D eigenvalue weighted by Crippen LogP contribution is -2.52. The van der Waals surface area contributed by atoms with Gasteiger partial charge in [-0.25, -0.2) is 4.79 Å². The first-order valence-corrected chi connectivity index (χ1v) is 10.2. The van der Waals surface area contributed by atoms with Crippen molar-refractivity contribution in [2.75, 3.05) is 25.7 Å². The highest BCUT2D eigenvalue weighted by molar-refractivity contribution is 6.17. The number of halogens is 1. The smallest absolute Gasteiger partial charge is 0.338 e. The van der Waals surface area contributed by atoms with E-state index in [1.807, 2.05) is 13.8 Å². The Kier molecular flexibility index (Phi) is 4.33.